The van der Waals surface area contributed by atoms with E-state index in [1.54, 1.807) is 0 Å². The van der Waals surface area contributed by atoms with Gasteiger partial charge >= 0.3 is 6.09 Å². The van der Waals surface area contributed by atoms with E-state index in [9.17, 15) is 19.4 Å². The molecule has 0 heterocycles. The molecule has 0 aromatic heterocycles. The van der Waals surface area contributed by atoms with Gasteiger partial charge in [0, 0.05) is 0 Å². The first-order valence-electron chi connectivity index (χ1n) is 7.98. The number of nitrogens with zero attached hydrogens (tertiary/aromatic N) is 1. The standard InChI is InChI=1S/C15H29N2O7P/c1-5-9-16-15(19)22-13-14(18)8-6-7-11-23-25(20,21)24-12-10-17(2,3)4/h1,14,18H,6-13H2,2-4H3,(H-,16,19,20,21). The molecular weight excluding hydrogens is 351 g/mol. The first-order valence-corrected chi connectivity index (χ1v) is 9.44. The lowest BCUT2D eigenvalue weighted by atomic mass is 10.2. The summed E-state index contributed by atoms with van der Waals surface area (Å²) in [4.78, 5) is 22.6. The Balaban J connectivity index is 3.71. The Kier molecular flexibility index (Phi) is 11.7. The van der Waals surface area contributed by atoms with Gasteiger partial charge in [0.05, 0.1) is 40.4 Å². The molecule has 10 heteroatoms. The molecule has 2 N–H and O–H groups in total. The zero-order chi connectivity index (χ0) is 19.3. The molecule has 2 atom stereocenters. The van der Waals surface area contributed by atoms with Gasteiger partial charge in [-0.3, -0.25) is 4.57 Å². The van der Waals surface area contributed by atoms with E-state index in [-0.39, 0.29) is 26.4 Å². The number of aliphatic hydroxyl groups excluding tert-OH is 1. The van der Waals surface area contributed by atoms with E-state index >= 15 is 0 Å². The van der Waals surface area contributed by atoms with E-state index in [1.807, 2.05) is 21.1 Å². The third-order valence-electron chi connectivity index (χ3n) is 2.93. The summed E-state index contributed by atoms with van der Waals surface area (Å²) in [5.74, 6) is 2.22. The maximum Gasteiger partial charge on any atom is 0.407 e. The predicted molar refractivity (Wildman–Crippen MR) is 90.5 cm³/mol. The molecule has 0 spiro atoms. The third-order valence-corrected chi connectivity index (χ3v) is 3.93. The van der Waals surface area contributed by atoms with E-state index in [2.05, 4.69) is 11.2 Å². The molecule has 0 aliphatic rings. The molecular formula is C15H29N2O7P. The first kappa shape index (κ1) is 23.9. The Morgan fingerprint density at radius 2 is 1.96 bits per heavy atom. The van der Waals surface area contributed by atoms with Gasteiger partial charge in [-0.25, -0.2) is 4.79 Å². The number of amides is 1. The van der Waals surface area contributed by atoms with Crippen molar-refractivity contribution >= 4 is 13.9 Å². The van der Waals surface area contributed by atoms with Gasteiger partial charge < -0.3 is 33.6 Å². The maximum atomic E-state index is 11.5. The zero-order valence-corrected chi connectivity index (χ0v) is 16.0. The lowest BCUT2D eigenvalue weighted by Gasteiger charge is -2.27. The van der Waals surface area contributed by atoms with Crippen molar-refractivity contribution in [3.05, 3.63) is 0 Å². The van der Waals surface area contributed by atoms with E-state index in [4.69, 9.17) is 20.2 Å². The predicted octanol–water partition coefficient (Wildman–Crippen LogP) is 0.0848. The Hall–Kier alpha value is -1.14. The number of hydrogen-bond acceptors (Lipinski definition) is 7. The molecule has 0 saturated carbocycles. The number of phosphoric ester groups is 1. The molecule has 0 aromatic carbocycles. The summed E-state index contributed by atoms with van der Waals surface area (Å²) >= 11 is 0. The van der Waals surface area contributed by atoms with Crippen LogP contribution < -0.4 is 10.2 Å². The second kappa shape index (κ2) is 12.3. The van der Waals surface area contributed by atoms with Gasteiger partial charge in [0.25, 0.3) is 7.82 Å². The van der Waals surface area contributed by atoms with Crippen LogP contribution in [-0.4, -0.2) is 75.8 Å². The average Bonchev–Trinajstić information content (AvgIpc) is 2.48. The molecule has 25 heavy (non-hydrogen) atoms. The van der Waals surface area contributed by atoms with Crippen LogP contribution in [0.3, 0.4) is 0 Å². The monoisotopic (exact) mass is 380 g/mol. The van der Waals surface area contributed by atoms with Crippen LogP contribution in [0, 0.1) is 12.3 Å². The molecule has 0 fully saturated rings. The van der Waals surface area contributed by atoms with Crippen LogP contribution >= 0.6 is 7.82 Å². The topological polar surface area (TPSA) is 117 Å². The minimum atomic E-state index is -4.30. The number of ether oxygens (including phenoxy) is 1. The fourth-order valence-corrected chi connectivity index (χ4v) is 2.28. The summed E-state index contributed by atoms with van der Waals surface area (Å²) in [5, 5.41) is 11.9. The second-order valence-electron chi connectivity index (χ2n) is 6.43. The second-order valence-corrected chi connectivity index (χ2v) is 7.84. The average molecular weight is 380 g/mol. The Morgan fingerprint density at radius 1 is 1.32 bits per heavy atom. The highest BCUT2D eigenvalue weighted by molar-refractivity contribution is 7.45. The van der Waals surface area contributed by atoms with Gasteiger partial charge in [0.2, 0.25) is 0 Å². The van der Waals surface area contributed by atoms with Gasteiger partial charge in [0.15, 0.2) is 0 Å². The Bertz CT molecular complexity index is 473. The number of likely N-dealkylation sites (N-methyl/N-ethyl adjacent to an activating group) is 1. The fraction of sp³-hybridized carbons (Fsp3) is 0.800. The molecule has 1 amide bonds. The van der Waals surface area contributed by atoms with E-state index in [0.29, 0.717) is 30.3 Å². The Morgan fingerprint density at radius 3 is 2.56 bits per heavy atom. The first-order chi connectivity index (χ1) is 11.6. The third kappa shape index (κ3) is 16.1. The number of nitrogens with one attached hydrogen (secondary N) is 1. The molecule has 146 valence electrons. The van der Waals surface area contributed by atoms with E-state index in [0.717, 1.165) is 0 Å². The summed E-state index contributed by atoms with van der Waals surface area (Å²) < 4.78 is 26.4. The van der Waals surface area contributed by atoms with Crippen LogP contribution in [0.2, 0.25) is 0 Å². The number of quaternary nitrogens is 1. The highest BCUT2D eigenvalue weighted by Gasteiger charge is 2.13. The molecule has 2 unspecified atom stereocenters. The van der Waals surface area contributed by atoms with Gasteiger partial charge in [-0.05, 0) is 19.3 Å². The van der Waals surface area contributed by atoms with E-state index < -0.39 is 20.0 Å². The molecule has 0 aliphatic carbocycles. The van der Waals surface area contributed by atoms with Crippen molar-refractivity contribution in [3.63, 3.8) is 0 Å². The molecule has 0 aliphatic heterocycles. The van der Waals surface area contributed by atoms with E-state index in [1.165, 1.54) is 0 Å². The van der Waals surface area contributed by atoms with Crippen molar-refractivity contribution in [2.24, 2.45) is 0 Å². The summed E-state index contributed by atoms with van der Waals surface area (Å²) in [6.45, 7) is 0.462. The lowest BCUT2D eigenvalue weighted by Crippen LogP contribution is -2.37. The van der Waals surface area contributed by atoms with Crippen molar-refractivity contribution in [2.45, 2.75) is 25.4 Å². The zero-order valence-electron chi connectivity index (χ0n) is 15.1. The fourth-order valence-electron chi connectivity index (χ4n) is 1.55. The number of hydrogen-bond donors (Lipinski definition) is 2. The summed E-state index contributed by atoms with van der Waals surface area (Å²) in [6.07, 6.45) is 4.71. The van der Waals surface area contributed by atoms with Crippen molar-refractivity contribution in [2.75, 3.05) is 54.1 Å². The number of unbranched alkanes of at least 4 members (excludes halogenated alkanes) is 1. The number of alkyl carbamates (subject to hydrolysis) is 1. The molecule has 0 aromatic rings. The van der Waals surface area contributed by atoms with Crippen LogP contribution in [0.1, 0.15) is 19.3 Å². The van der Waals surface area contributed by atoms with Crippen molar-refractivity contribution < 1.29 is 37.6 Å². The number of terminal acetylenes is 1. The lowest BCUT2D eigenvalue weighted by molar-refractivity contribution is -0.870. The maximum absolute atomic E-state index is 11.5. The number of carbonyl (C=O) groups is 1. The molecule has 0 bridgehead atoms. The number of phosphoric acid groups is 1. The SMILES string of the molecule is C#CCNC(=O)OCC(O)CCCCOP(=O)([O-])OCC[N+](C)(C)C. The minimum absolute atomic E-state index is 0.0264. The number of carbonyl (C=O) groups excluding carboxylic acids is 1. The highest BCUT2D eigenvalue weighted by Crippen LogP contribution is 2.38. The van der Waals surface area contributed by atoms with Crippen LogP contribution in [0.25, 0.3) is 0 Å². The molecule has 0 saturated heterocycles. The van der Waals surface area contributed by atoms with Gasteiger partial charge in [0.1, 0.15) is 19.8 Å². The van der Waals surface area contributed by atoms with Crippen LogP contribution in [-0.2, 0) is 18.3 Å². The number of aliphatic hydroxyl groups is 1. The quantitative estimate of drug-likeness (QED) is 0.201. The van der Waals surface area contributed by atoms with Crippen molar-refractivity contribution in [3.8, 4) is 12.3 Å². The molecule has 0 rings (SSSR count). The Labute approximate surface area is 149 Å². The largest absolute Gasteiger partial charge is 0.756 e. The highest BCUT2D eigenvalue weighted by atomic mass is 31.2. The summed E-state index contributed by atoms with van der Waals surface area (Å²) in [7, 11) is 1.48. The summed E-state index contributed by atoms with van der Waals surface area (Å²) in [6, 6.07) is 0. The van der Waals surface area contributed by atoms with Gasteiger partial charge in [-0.2, -0.15) is 0 Å². The number of rotatable bonds is 13. The molecule has 0 radical (unpaired) electrons. The van der Waals surface area contributed by atoms with Crippen molar-refractivity contribution in [1.29, 1.82) is 0 Å². The minimum Gasteiger partial charge on any atom is -0.756 e. The van der Waals surface area contributed by atoms with Gasteiger partial charge in [-0.1, -0.05) is 5.92 Å². The van der Waals surface area contributed by atoms with Crippen molar-refractivity contribution in [1.82, 2.24) is 5.32 Å². The van der Waals surface area contributed by atoms with Gasteiger partial charge in [-0.15, -0.1) is 6.42 Å². The van der Waals surface area contributed by atoms with Crippen LogP contribution in [0.5, 0.6) is 0 Å². The smallest absolute Gasteiger partial charge is 0.407 e. The normalized spacial score (nSPS) is 15.0. The summed E-state index contributed by atoms with van der Waals surface area (Å²) in [5.41, 5.74) is 0. The van der Waals surface area contributed by atoms with Crippen LogP contribution in [0.15, 0.2) is 0 Å². The van der Waals surface area contributed by atoms with Crippen LogP contribution in [0.4, 0.5) is 4.79 Å². The molecule has 9 nitrogen and oxygen atoms in total.